The highest BCUT2D eigenvalue weighted by molar-refractivity contribution is 7.89. The Bertz CT molecular complexity index is 1420. The summed E-state index contributed by atoms with van der Waals surface area (Å²) in [6, 6.07) is 17.2. The molecule has 7 nitrogen and oxygen atoms in total. The number of rotatable bonds is 4. The fraction of sp³-hybridized carbons (Fsp3) is 0.240. The average molecular weight is 460 g/mol. The van der Waals surface area contributed by atoms with E-state index >= 15 is 0 Å². The number of benzene rings is 2. The molecular weight excluding hydrogens is 434 g/mol. The van der Waals surface area contributed by atoms with E-state index in [1.165, 1.54) is 0 Å². The van der Waals surface area contributed by atoms with Gasteiger partial charge >= 0.3 is 0 Å². The van der Waals surface area contributed by atoms with Crippen LogP contribution in [0, 0.1) is 13.8 Å². The standard InChI is InChI=1S/C25H25N5O2S/c1-18-9-10-23(19(2)16-18)33(31,32)30-14-12-29(13-15-30)25-21-7-3-4-8-22(21)27-24(28-25)20-6-5-11-26-17-20/h3-11,16-17H,12-15H2,1-2H3. The highest BCUT2D eigenvalue weighted by atomic mass is 32.2. The molecule has 8 heteroatoms. The van der Waals surface area contributed by atoms with Crippen LogP contribution >= 0.6 is 0 Å². The van der Waals surface area contributed by atoms with Crippen LogP contribution in [-0.4, -0.2) is 53.9 Å². The Morgan fingerprint density at radius 2 is 1.67 bits per heavy atom. The zero-order valence-electron chi connectivity index (χ0n) is 18.6. The molecule has 0 radical (unpaired) electrons. The molecule has 33 heavy (non-hydrogen) atoms. The molecule has 0 aliphatic carbocycles. The van der Waals surface area contributed by atoms with Crippen molar-refractivity contribution in [2.75, 3.05) is 31.1 Å². The summed E-state index contributed by atoms with van der Waals surface area (Å²) in [7, 11) is -3.54. The maximum atomic E-state index is 13.3. The minimum atomic E-state index is -3.54. The molecule has 0 spiro atoms. The zero-order chi connectivity index (χ0) is 23.0. The van der Waals surface area contributed by atoms with Gasteiger partial charge in [0.15, 0.2) is 5.82 Å². The molecule has 5 rings (SSSR count). The van der Waals surface area contributed by atoms with E-state index in [0.717, 1.165) is 33.4 Å². The first-order chi connectivity index (χ1) is 15.9. The van der Waals surface area contributed by atoms with Gasteiger partial charge in [0.2, 0.25) is 10.0 Å². The number of hydrogen-bond acceptors (Lipinski definition) is 6. The van der Waals surface area contributed by atoms with Crippen molar-refractivity contribution in [2.45, 2.75) is 18.7 Å². The highest BCUT2D eigenvalue weighted by Crippen LogP contribution is 2.29. The van der Waals surface area contributed by atoms with Gasteiger partial charge in [0, 0.05) is 49.5 Å². The van der Waals surface area contributed by atoms with Crippen LogP contribution in [0.15, 0.2) is 71.9 Å². The van der Waals surface area contributed by atoms with Crippen LogP contribution in [0.25, 0.3) is 22.3 Å². The first-order valence-corrected chi connectivity index (χ1v) is 12.4. The molecule has 1 fully saturated rings. The van der Waals surface area contributed by atoms with Crippen molar-refractivity contribution in [1.82, 2.24) is 19.3 Å². The van der Waals surface area contributed by atoms with Crippen LogP contribution in [0.1, 0.15) is 11.1 Å². The lowest BCUT2D eigenvalue weighted by Crippen LogP contribution is -2.49. The second-order valence-corrected chi connectivity index (χ2v) is 10.2. The number of anilines is 1. The Morgan fingerprint density at radius 1 is 0.879 bits per heavy atom. The molecule has 0 unspecified atom stereocenters. The number of aromatic nitrogens is 3. The van der Waals surface area contributed by atoms with Gasteiger partial charge in [0.1, 0.15) is 5.82 Å². The molecule has 2 aromatic carbocycles. The molecule has 1 aliphatic rings. The Hall–Kier alpha value is -3.36. The number of sulfonamides is 1. The van der Waals surface area contributed by atoms with Gasteiger partial charge in [-0.25, -0.2) is 18.4 Å². The zero-order valence-corrected chi connectivity index (χ0v) is 19.5. The van der Waals surface area contributed by atoms with Crippen LogP contribution in [0.5, 0.6) is 0 Å². The molecule has 2 aromatic heterocycles. The molecule has 0 bridgehead atoms. The Kier molecular flexibility index (Phi) is 5.55. The number of nitrogens with zero attached hydrogens (tertiary/aromatic N) is 5. The largest absolute Gasteiger partial charge is 0.353 e. The first kappa shape index (κ1) is 21.5. The lowest BCUT2D eigenvalue weighted by Gasteiger charge is -2.35. The van der Waals surface area contributed by atoms with Crippen molar-refractivity contribution >= 4 is 26.7 Å². The predicted octanol–water partition coefficient (Wildman–Crippen LogP) is 3.82. The van der Waals surface area contributed by atoms with E-state index in [1.807, 2.05) is 62.4 Å². The van der Waals surface area contributed by atoms with Crippen LogP contribution in [0.4, 0.5) is 5.82 Å². The van der Waals surface area contributed by atoms with Crippen molar-refractivity contribution in [3.8, 4) is 11.4 Å². The number of para-hydroxylation sites is 1. The quantitative estimate of drug-likeness (QED) is 0.462. The Labute approximate surface area is 193 Å². The molecule has 0 atom stereocenters. The van der Waals surface area contributed by atoms with E-state index in [2.05, 4.69) is 9.88 Å². The molecule has 3 heterocycles. The first-order valence-electron chi connectivity index (χ1n) is 10.9. The van der Waals surface area contributed by atoms with E-state index in [1.54, 1.807) is 22.8 Å². The van der Waals surface area contributed by atoms with Gasteiger partial charge in [-0.1, -0.05) is 29.8 Å². The van der Waals surface area contributed by atoms with Crippen molar-refractivity contribution in [2.24, 2.45) is 0 Å². The fourth-order valence-corrected chi connectivity index (χ4v) is 5.92. The van der Waals surface area contributed by atoms with Gasteiger partial charge < -0.3 is 4.90 Å². The van der Waals surface area contributed by atoms with Gasteiger partial charge in [-0.05, 0) is 49.7 Å². The summed E-state index contributed by atoms with van der Waals surface area (Å²) >= 11 is 0. The molecule has 168 valence electrons. The maximum absolute atomic E-state index is 13.3. The van der Waals surface area contributed by atoms with E-state index in [9.17, 15) is 8.42 Å². The van der Waals surface area contributed by atoms with E-state index < -0.39 is 10.0 Å². The smallest absolute Gasteiger partial charge is 0.243 e. The van der Waals surface area contributed by atoms with Gasteiger partial charge in [-0.2, -0.15) is 4.31 Å². The second-order valence-electron chi connectivity index (χ2n) is 8.29. The third-order valence-electron chi connectivity index (χ3n) is 5.99. The lowest BCUT2D eigenvalue weighted by molar-refractivity contribution is 0.384. The lowest BCUT2D eigenvalue weighted by atomic mass is 10.2. The fourth-order valence-electron chi connectivity index (χ4n) is 4.29. The average Bonchev–Trinajstić information content (AvgIpc) is 2.84. The van der Waals surface area contributed by atoms with Crippen molar-refractivity contribution in [1.29, 1.82) is 0 Å². The third-order valence-corrected chi connectivity index (χ3v) is 8.05. The summed E-state index contributed by atoms with van der Waals surface area (Å²) in [5.74, 6) is 1.44. The van der Waals surface area contributed by atoms with E-state index in [-0.39, 0.29) is 0 Å². The van der Waals surface area contributed by atoms with Gasteiger partial charge in [-0.15, -0.1) is 0 Å². The van der Waals surface area contributed by atoms with Crippen molar-refractivity contribution in [3.05, 3.63) is 78.1 Å². The molecule has 1 saturated heterocycles. The molecule has 0 N–H and O–H groups in total. The van der Waals surface area contributed by atoms with E-state index in [0.29, 0.717) is 36.9 Å². The topological polar surface area (TPSA) is 79.3 Å². The third kappa shape index (κ3) is 4.07. The van der Waals surface area contributed by atoms with Crippen LogP contribution < -0.4 is 4.90 Å². The highest BCUT2D eigenvalue weighted by Gasteiger charge is 2.30. The maximum Gasteiger partial charge on any atom is 0.243 e. The van der Waals surface area contributed by atoms with Crippen LogP contribution in [0.2, 0.25) is 0 Å². The molecule has 0 saturated carbocycles. The number of fused-ring (bicyclic) bond motifs is 1. The summed E-state index contributed by atoms with van der Waals surface area (Å²) in [6.45, 7) is 5.72. The summed E-state index contributed by atoms with van der Waals surface area (Å²) < 4.78 is 28.2. The van der Waals surface area contributed by atoms with Crippen molar-refractivity contribution in [3.63, 3.8) is 0 Å². The second kappa shape index (κ2) is 8.53. The van der Waals surface area contributed by atoms with Crippen molar-refractivity contribution < 1.29 is 8.42 Å². The van der Waals surface area contributed by atoms with Gasteiger partial charge in [0.05, 0.1) is 10.4 Å². The SMILES string of the molecule is Cc1ccc(S(=O)(=O)N2CCN(c3nc(-c4cccnc4)nc4ccccc34)CC2)c(C)c1. The summed E-state index contributed by atoms with van der Waals surface area (Å²) in [5, 5.41) is 0.954. The molecule has 1 aliphatic heterocycles. The van der Waals surface area contributed by atoms with Gasteiger partial charge in [-0.3, -0.25) is 4.98 Å². The summed E-state index contributed by atoms with van der Waals surface area (Å²) in [4.78, 5) is 16.3. The summed E-state index contributed by atoms with van der Waals surface area (Å²) in [6.07, 6.45) is 3.48. The molecule has 0 amide bonds. The molecule has 4 aromatic rings. The molecular formula is C25H25N5O2S. The number of aryl methyl sites for hydroxylation is 2. The summed E-state index contributed by atoms with van der Waals surface area (Å²) in [5.41, 5.74) is 3.53. The van der Waals surface area contributed by atoms with Crippen LogP contribution in [0.3, 0.4) is 0 Å². The monoisotopic (exact) mass is 459 g/mol. The Balaban J connectivity index is 1.45. The van der Waals surface area contributed by atoms with Gasteiger partial charge in [0.25, 0.3) is 0 Å². The minimum Gasteiger partial charge on any atom is -0.353 e. The predicted molar refractivity (Wildman–Crippen MR) is 130 cm³/mol. The number of pyridine rings is 1. The van der Waals surface area contributed by atoms with E-state index in [4.69, 9.17) is 9.97 Å². The normalized spacial score (nSPS) is 15.2. The Morgan fingerprint density at radius 3 is 2.39 bits per heavy atom. The number of hydrogen-bond donors (Lipinski definition) is 0. The minimum absolute atomic E-state index is 0.382. The van der Waals surface area contributed by atoms with Crippen LogP contribution in [-0.2, 0) is 10.0 Å². The number of piperazine rings is 1.